The fourth-order valence-corrected chi connectivity index (χ4v) is 2.55. The van der Waals surface area contributed by atoms with Gasteiger partial charge in [-0.3, -0.25) is 4.79 Å². The molecule has 0 aliphatic carbocycles. The number of thiophene rings is 1. The van der Waals surface area contributed by atoms with Gasteiger partial charge in [-0.05, 0) is 11.4 Å². The normalized spacial score (nSPS) is 26.2. The third kappa shape index (κ3) is 2.79. The number of likely N-dealkylation sites (tertiary alicyclic amines) is 1. The molecule has 1 aromatic rings. The standard InChI is InChI=1S/C11H16N2OS/c1-13-6-4-9(5-7-13)12-11(14)10-3-2-8-15-10/h2-3,8-9H,4-7H2,1H3,(H,12,14)/p+1. The summed E-state index contributed by atoms with van der Waals surface area (Å²) in [6.45, 7) is 2.32. The van der Waals surface area contributed by atoms with Crippen molar-refractivity contribution in [1.29, 1.82) is 0 Å². The molecule has 0 aromatic carbocycles. The summed E-state index contributed by atoms with van der Waals surface area (Å²) in [6.07, 6.45) is 2.20. The van der Waals surface area contributed by atoms with Gasteiger partial charge in [0.15, 0.2) is 0 Å². The molecule has 3 nitrogen and oxygen atoms in total. The fraction of sp³-hybridized carbons (Fsp3) is 0.545. The smallest absolute Gasteiger partial charge is 0.261 e. The Morgan fingerprint density at radius 2 is 2.27 bits per heavy atom. The van der Waals surface area contributed by atoms with Gasteiger partial charge in [0.05, 0.1) is 25.0 Å². The second kappa shape index (κ2) is 4.77. The molecule has 0 atom stereocenters. The molecule has 1 aliphatic rings. The Morgan fingerprint density at radius 3 is 2.87 bits per heavy atom. The molecule has 2 heterocycles. The number of nitrogens with one attached hydrogen (secondary N) is 2. The number of hydrogen-bond acceptors (Lipinski definition) is 2. The highest BCUT2D eigenvalue weighted by molar-refractivity contribution is 7.12. The van der Waals surface area contributed by atoms with E-state index in [2.05, 4.69) is 12.4 Å². The molecule has 82 valence electrons. The highest BCUT2D eigenvalue weighted by Gasteiger charge is 2.21. The largest absolute Gasteiger partial charge is 0.348 e. The molecular weight excluding hydrogens is 208 g/mol. The molecule has 0 radical (unpaired) electrons. The van der Waals surface area contributed by atoms with Gasteiger partial charge in [-0.15, -0.1) is 11.3 Å². The van der Waals surface area contributed by atoms with Gasteiger partial charge in [0.25, 0.3) is 5.91 Å². The number of amides is 1. The van der Waals surface area contributed by atoms with Crippen molar-refractivity contribution in [2.24, 2.45) is 0 Å². The van der Waals surface area contributed by atoms with Crippen LogP contribution in [0.3, 0.4) is 0 Å². The number of quaternary nitrogens is 1. The minimum atomic E-state index is 0.0922. The maximum atomic E-state index is 11.7. The minimum Gasteiger partial charge on any atom is -0.348 e. The Kier molecular flexibility index (Phi) is 3.38. The van der Waals surface area contributed by atoms with Gasteiger partial charge in [0.2, 0.25) is 0 Å². The lowest BCUT2D eigenvalue weighted by atomic mass is 10.1. The molecule has 0 unspecified atom stereocenters. The minimum absolute atomic E-state index is 0.0922. The van der Waals surface area contributed by atoms with E-state index in [0.717, 1.165) is 30.8 Å². The molecule has 0 bridgehead atoms. The van der Waals surface area contributed by atoms with E-state index in [9.17, 15) is 4.79 Å². The molecule has 1 fully saturated rings. The van der Waals surface area contributed by atoms with E-state index in [1.165, 1.54) is 11.3 Å². The number of carbonyl (C=O) groups is 1. The summed E-state index contributed by atoms with van der Waals surface area (Å²) in [5.74, 6) is 0.0922. The first-order chi connectivity index (χ1) is 7.25. The second-order valence-corrected chi connectivity index (χ2v) is 5.13. The number of hydrogen-bond donors (Lipinski definition) is 2. The maximum Gasteiger partial charge on any atom is 0.261 e. The summed E-state index contributed by atoms with van der Waals surface area (Å²) in [4.78, 5) is 14.1. The molecule has 2 N–H and O–H groups in total. The van der Waals surface area contributed by atoms with Gasteiger partial charge in [-0.25, -0.2) is 0 Å². The first-order valence-electron chi connectivity index (χ1n) is 5.41. The molecule has 1 saturated heterocycles. The van der Waals surface area contributed by atoms with Gasteiger partial charge in [0.1, 0.15) is 0 Å². The molecule has 1 amide bonds. The Bertz CT molecular complexity index is 315. The monoisotopic (exact) mass is 225 g/mol. The predicted molar refractivity (Wildman–Crippen MR) is 61.4 cm³/mol. The summed E-state index contributed by atoms with van der Waals surface area (Å²) >= 11 is 1.50. The van der Waals surface area contributed by atoms with Crippen LogP contribution < -0.4 is 10.2 Å². The van der Waals surface area contributed by atoms with Crippen LogP contribution in [0.5, 0.6) is 0 Å². The van der Waals surface area contributed by atoms with Crippen LogP contribution in [0.15, 0.2) is 17.5 Å². The van der Waals surface area contributed by atoms with E-state index in [4.69, 9.17) is 0 Å². The molecule has 0 spiro atoms. The Balaban J connectivity index is 1.85. The predicted octanol–water partition coefficient (Wildman–Crippen LogP) is 0.155. The van der Waals surface area contributed by atoms with Gasteiger partial charge in [-0.2, -0.15) is 0 Å². The summed E-state index contributed by atoms with van der Waals surface area (Å²) in [6, 6.07) is 4.17. The van der Waals surface area contributed by atoms with Crippen LogP contribution >= 0.6 is 11.3 Å². The summed E-state index contributed by atoms with van der Waals surface area (Å²) < 4.78 is 0. The lowest BCUT2D eigenvalue weighted by Crippen LogP contribution is -3.10. The number of piperidine rings is 1. The van der Waals surface area contributed by atoms with Crippen molar-refractivity contribution in [2.45, 2.75) is 18.9 Å². The summed E-state index contributed by atoms with van der Waals surface area (Å²) in [7, 11) is 2.21. The van der Waals surface area contributed by atoms with Crippen molar-refractivity contribution >= 4 is 17.2 Å². The first kappa shape index (κ1) is 10.6. The summed E-state index contributed by atoms with van der Waals surface area (Å²) in [5.41, 5.74) is 0. The zero-order chi connectivity index (χ0) is 10.7. The first-order valence-corrected chi connectivity index (χ1v) is 6.29. The Hall–Kier alpha value is -0.870. The molecule has 2 rings (SSSR count). The van der Waals surface area contributed by atoms with Crippen LogP contribution in [0, 0.1) is 0 Å². The van der Waals surface area contributed by atoms with Crippen molar-refractivity contribution in [3.63, 3.8) is 0 Å². The number of carbonyl (C=O) groups excluding carboxylic acids is 1. The zero-order valence-electron chi connectivity index (χ0n) is 8.95. The lowest BCUT2D eigenvalue weighted by Gasteiger charge is -2.26. The molecular formula is C11H17N2OS+. The topological polar surface area (TPSA) is 33.5 Å². The third-order valence-electron chi connectivity index (χ3n) is 2.92. The van der Waals surface area contributed by atoms with Crippen molar-refractivity contribution in [3.8, 4) is 0 Å². The molecule has 0 saturated carbocycles. The fourth-order valence-electron chi connectivity index (χ4n) is 1.92. The van der Waals surface area contributed by atoms with Gasteiger partial charge in [-0.1, -0.05) is 6.07 Å². The second-order valence-electron chi connectivity index (χ2n) is 4.18. The van der Waals surface area contributed by atoms with Crippen LogP contribution in [0.2, 0.25) is 0 Å². The zero-order valence-corrected chi connectivity index (χ0v) is 9.77. The SMILES string of the molecule is C[NH+]1CCC(NC(=O)c2cccs2)CC1. The van der Waals surface area contributed by atoms with Crippen LogP contribution in [0.1, 0.15) is 22.5 Å². The van der Waals surface area contributed by atoms with Gasteiger partial charge in [0, 0.05) is 18.9 Å². The molecule has 4 heteroatoms. The van der Waals surface area contributed by atoms with Crippen molar-refractivity contribution in [1.82, 2.24) is 5.32 Å². The molecule has 1 aromatic heterocycles. The van der Waals surface area contributed by atoms with E-state index >= 15 is 0 Å². The molecule has 1 aliphatic heterocycles. The van der Waals surface area contributed by atoms with Gasteiger partial charge >= 0.3 is 0 Å². The Labute approximate surface area is 94.1 Å². The average Bonchev–Trinajstić information content (AvgIpc) is 2.74. The van der Waals surface area contributed by atoms with E-state index in [1.807, 2.05) is 17.5 Å². The van der Waals surface area contributed by atoms with E-state index in [0.29, 0.717) is 6.04 Å². The summed E-state index contributed by atoms with van der Waals surface area (Å²) in [5, 5.41) is 5.04. The lowest BCUT2D eigenvalue weighted by molar-refractivity contribution is -0.884. The highest BCUT2D eigenvalue weighted by Crippen LogP contribution is 2.09. The highest BCUT2D eigenvalue weighted by atomic mass is 32.1. The van der Waals surface area contributed by atoms with Crippen LogP contribution in [0.25, 0.3) is 0 Å². The van der Waals surface area contributed by atoms with Crippen LogP contribution in [-0.4, -0.2) is 32.1 Å². The van der Waals surface area contributed by atoms with E-state index in [1.54, 1.807) is 4.90 Å². The van der Waals surface area contributed by atoms with E-state index in [-0.39, 0.29) is 5.91 Å². The van der Waals surface area contributed by atoms with E-state index < -0.39 is 0 Å². The maximum absolute atomic E-state index is 11.7. The Morgan fingerprint density at radius 1 is 1.53 bits per heavy atom. The molecule has 15 heavy (non-hydrogen) atoms. The van der Waals surface area contributed by atoms with Crippen molar-refractivity contribution in [3.05, 3.63) is 22.4 Å². The third-order valence-corrected chi connectivity index (χ3v) is 3.79. The van der Waals surface area contributed by atoms with Gasteiger partial charge < -0.3 is 10.2 Å². The van der Waals surface area contributed by atoms with Crippen molar-refractivity contribution < 1.29 is 9.69 Å². The van der Waals surface area contributed by atoms with Crippen molar-refractivity contribution in [2.75, 3.05) is 20.1 Å². The van der Waals surface area contributed by atoms with Crippen LogP contribution in [0.4, 0.5) is 0 Å². The quantitative estimate of drug-likeness (QED) is 0.738. The van der Waals surface area contributed by atoms with Crippen LogP contribution in [-0.2, 0) is 0 Å². The average molecular weight is 225 g/mol. The number of rotatable bonds is 2.